The standard InChI is InChI=1S/C22H21N3O2S/c1-13(2)25-21(27)16-9-5-7-11-18(16)24-22(25)28-12-19(26)20-14(3)23-17-10-6-4-8-15(17)20/h4-11,13,23H,12H2,1-3H3. The fourth-order valence-corrected chi connectivity index (χ4v) is 4.52. The van der Waals surface area contributed by atoms with Crippen LogP contribution in [0.5, 0.6) is 0 Å². The quantitative estimate of drug-likeness (QED) is 0.303. The first-order valence-corrected chi connectivity index (χ1v) is 10.2. The highest BCUT2D eigenvalue weighted by Gasteiger charge is 2.19. The van der Waals surface area contributed by atoms with Crippen LogP contribution in [0.15, 0.2) is 58.5 Å². The van der Waals surface area contributed by atoms with E-state index in [1.807, 2.05) is 63.2 Å². The third-order valence-electron chi connectivity index (χ3n) is 4.80. The normalized spacial score (nSPS) is 11.6. The van der Waals surface area contributed by atoms with Gasteiger partial charge in [0.05, 0.1) is 16.7 Å². The van der Waals surface area contributed by atoms with Gasteiger partial charge in [0.15, 0.2) is 10.9 Å². The first-order chi connectivity index (χ1) is 13.5. The summed E-state index contributed by atoms with van der Waals surface area (Å²) < 4.78 is 1.67. The van der Waals surface area contributed by atoms with Crippen LogP contribution < -0.4 is 5.56 Å². The molecule has 0 radical (unpaired) electrons. The minimum Gasteiger partial charge on any atom is -0.358 e. The molecule has 5 nitrogen and oxygen atoms in total. The number of nitrogens with zero attached hydrogens (tertiary/aromatic N) is 2. The number of aryl methyl sites for hydroxylation is 1. The van der Waals surface area contributed by atoms with Crippen LogP contribution in [0.3, 0.4) is 0 Å². The van der Waals surface area contributed by atoms with Crippen molar-refractivity contribution < 1.29 is 4.79 Å². The van der Waals surface area contributed by atoms with Gasteiger partial charge in [0.1, 0.15) is 0 Å². The number of thioether (sulfide) groups is 1. The Kier molecular flexibility index (Phi) is 4.81. The van der Waals surface area contributed by atoms with E-state index in [0.29, 0.717) is 21.6 Å². The molecule has 2 heterocycles. The molecule has 0 aliphatic rings. The Morgan fingerprint density at radius 3 is 2.54 bits per heavy atom. The average Bonchev–Trinajstić information content (AvgIpc) is 3.01. The highest BCUT2D eigenvalue weighted by Crippen LogP contribution is 2.26. The van der Waals surface area contributed by atoms with Crippen molar-refractivity contribution in [2.45, 2.75) is 32.0 Å². The lowest BCUT2D eigenvalue weighted by atomic mass is 10.1. The first kappa shape index (κ1) is 18.5. The predicted molar refractivity (Wildman–Crippen MR) is 114 cm³/mol. The fraction of sp³-hybridized carbons (Fsp3) is 0.227. The number of carbonyl (C=O) groups excluding carboxylic acids is 1. The molecule has 6 heteroatoms. The summed E-state index contributed by atoms with van der Waals surface area (Å²) in [7, 11) is 0. The molecule has 2 aromatic carbocycles. The van der Waals surface area contributed by atoms with Crippen molar-refractivity contribution in [2.75, 3.05) is 5.75 Å². The molecule has 0 bridgehead atoms. The van der Waals surface area contributed by atoms with Crippen molar-refractivity contribution in [3.63, 3.8) is 0 Å². The lowest BCUT2D eigenvalue weighted by molar-refractivity contribution is 0.102. The van der Waals surface area contributed by atoms with Gasteiger partial charge in [0.25, 0.3) is 5.56 Å². The zero-order valence-corrected chi connectivity index (χ0v) is 16.8. The number of aromatic nitrogens is 3. The highest BCUT2D eigenvalue weighted by atomic mass is 32.2. The lowest BCUT2D eigenvalue weighted by Gasteiger charge is -2.15. The summed E-state index contributed by atoms with van der Waals surface area (Å²) in [5.41, 5.74) is 3.11. The third-order valence-corrected chi connectivity index (χ3v) is 5.75. The zero-order chi connectivity index (χ0) is 19.8. The molecule has 1 N–H and O–H groups in total. The van der Waals surface area contributed by atoms with Crippen LogP contribution in [-0.2, 0) is 0 Å². The van der Waals surface area contributed by atoms with Gasteiger partial charge in [-0.1, -0.05) is 42.1 Å². The van der Waals surface area contributed by atoms with Crippen LogP contribution in [-0.4, -0.2) is 26.1 Å². The molecule has 0 amide bonds. The summed E-state index contributed by atoms with van der Waals surface area (Å²) in [4.78, 5) is 33.8. The number of hydrogen-bond acceptors (Lipinski definition) is 4. The Labute approximate surface area is 166 Å². The number of rotatable bonds is 5. The Morgan fingerprint density at radius 1 is 1.11 bits per heavy atom. The van der Waals surface area contributed by atoms with E-state index in [4.69, 9.17) is 0 Å². The van der Waals surface area contributed by atoms with Gasteiger partial charge >= 0.3 is 0 Å². The fourth-order valence-electron chi connectivity index (χ4n) is 3.52. The van der Waals surface area contributed by atoms with Gasteiger partial charge in [0.2, 0.25) is 0 Å². The molecule has 142 valence electrons. The zero-order valence-electron chi connectivity index (χ0n) is 16.0. The van der Waals surface area contributed by atoms with Crippen LogP contribution in [0.2, 0.25) is 0 Å². The predicted octanol–water partition coefficient (Wildman–Crippen LogP) is 4.74. The van der Waals surface area contributed by atoms with Crippen molar-refractivity contribution in [2.24, 2.45) is 0 Å². The SMILES string of the molecule is Cc1[nH]c2ccccc2c1C(=O)CSc1nc2ccccc2c(=O)n1C(C)C. The van der Waals surface area contributed by atoms with Gasteiger partial charge in [-0.25, -0.2) is 4.98 Å². The molecule has 28 heavy (non-hydrogen) atoms. The number of aromatic amines is 1. The summed E-state index contributed by atoms with van der Waals surface area (Å²) in [6.45, 7) is 5.82. The topological polar surface area (TPSA) is 67.8 Å². The van der Waals surface area contributed by atoms with E-state index < -0.39 is 0 Å². The average molecular weight is 391 g/mol. The van der Waals surface area contributed by atoms with Crippen LogP contribution in [0.1, 0.15) is 35.9 Å². The summed E-state index contributed by atoms with van der Waals surface area (Å²) >= 11 is 1.32. The van der Waals surface area contributed by atoms with Gasteiger partial charge in [-0.15, -0.1) is 0 Å². The van der Waals surface area contributed by atoms with E-state index in [0.717, 1.165) is 16.6 Å². The van der Waals surface area contributed by atoms with Crippen molar-refractivity contribution in [1.29, 1.82) is 0 Å². The second kappa shape index (κ2) is 7.28. The molecule has 4 aromatic rings. The monoisotopic (exact) mass is 391 g/mol. The van der Waals surface area contributed by atoms with Gasteiger partial charge < -0.3 is 4.98 Å². The van der Waals surface area contributed by atoms with E-state index in [1.54, 1.807) is 10.6 Å². The second-order valence-electron chi connectivity index (χ2n) is 7.06. The molecule has 2 aromatic heterocycles. The molecule has 0 atom stereocenters. The summed E-state index contributed by atoms with van der Waals surface area (Å²) in [6.07, 6.45) is 0. The largest absolute Gasteiger partial charge is 0.358 e. The maximum Gasteiger partial charge on any atom is 0.262 e. The van der Waals surface area contributed by atoms with Crippen LogP contribution in [0, 0.1) is 6.92 Å². The van der Waals surface area contributed by atoms with Gasteiger partial charge in [-0.3, -0.25) is 14.2 Å². The molecule has 4 rings (SSSR count). The second-order valence-corrected chi connectivity index (χ2v) is 8.01. The molecule has 0 unspecified atom stereocenters. The summed E-state index contributed by atoms with van der Waals surface area (Å²) in [6, 6.07) is 15.1. The molecule has 0 aliphatic heterocycles. The lowest BCUT2D eigenvalue weighted by Crippen LogP contribution is -2.25. The maximum atomic E-state index is 13.0. The van der Waals surface area contributed by atoms with E-state index >= 15 is 0 Å². The first-order valence-electron chi connectivity index (χ1n) is 9.22. The number of ketones is 1. The molecule has 0 aliphatic carbocycles. The van der Waals surface area contributed by atoms with Gasteiger partial charge in [0, 0.05) is 28.2 Å². The van der Waals surface area contributed by atoms with E-state index in [1.165, 1.54) is 11.8 Å². The van der Waals surface area contributed by atoms with Gasteiger partial charge in [-0.05, 0) is 39.0 Å². The number of nitrogens with one attached hydrogen (secondary N) is 1. The van der Waals surface area contributed by atoms with Crippen molar-refractivity contribution in [3.8, 4) is 0 Å². The van der Waals surface area contributed by atoms with E-state index in [-0.39, 0.29) is 23.1 Å². The van der Waals surface area contributed by atoms with Crippen LogP contribution in [0.4, 0.5) is 0 Å². The minimum absolute atomic E-state index is 0.0256. The Hall–Kier alpha value is -2.86. The number of H-pyrrole nitrogens is 1. The van der Waals surface area contributed by atoms with Crippen LogP contribution >= 0.6 is 11.8 Å². The Balaban J connectivity index is 1.70. The smallest absolute Gasteiger partial charge is 0.262 e. The highest BCUT2D eigenvalue weighted by molar-refractivity contribution is 7.99. The number of Topliss-reactive ketones (excluding diaryl/α,β-unsaturated/α-hetero) is 1. The molecule has 0 spiro atoms. The van der Waals surface area contributed by atoms with Crippen LogP contribution in [0.25, 0.3) is 21.8 Å². The van der Waals surface area contributed by atoms with Crippen molar-refractivity contribution in [1.82, 2.24) is 14.5 Å². The third kappa shape index (κ3) is 3.14. The number of fused-ring (bicyclic) bond motifs is 2. The number of benzene rings is 2. The van der Waals surface area contributed by atoms with Crippen molar-refractivity contribution >= 4 is 39.4 Å². The number of para-hydroxylation sites is 2. The number of carbonyl (C=O) groups is 1. The summed E-state index contributed by atoms with van der Waals surface area (Å²) in [5, 5.41) is 2.10. The van der Waals surface area contributed by atoms with Crippen molar-refractivity contribution in [3.05, 3.63) is 70.1 Å². The van der Waals surface area contributed by atoms with E-state index in [2.05, 4.69) is 9.97 Å². The Morgan fingerprint density at radius 2 is 1.79 bits per heavy atom. The molecular formula is C22H21N3O2S. The number of hydrogen-bond donors (Lipinski definition) is 1. The molecular weight excluding hydrogens is 370 g/mol. The van der Waals surface area contributed by atoms with E-state index in [9.17, 15) is 9.59 Å². The summed E-state index contributed by atoms with van der Waals surface area (Å²) in [5.74, 6) is 0.248. The molecule has 0 fully saturated rings. The Bertz CT molecular complexity index is 1250. The molecule has 0 saturated heterocycles. The maximum absolute atomic E-state index is 13.0. The van der Waals surface area contributed by atoms with Gasteiger partial charge in [-0.2, -0.15) is 0 Å². The molecule has 0 saturated carbocycles. The minimum atomic E-state index is -0.0705.